The maximum absolute atomic E-state index is 12.1. The number of carbonyl (C=O) groups is 1. The van der Waals surface area contributed by atoms with E-state index >= 15 is 0 Å². The van der Waals surface area contributed by atoms with Gasteiger partial charge in [0.1, 0.15) is 13.2 Å². The second-order valence-electron chi connectivity index (χ2n) is 5.49. The highest BCUT2D eigenvalue weighted by molar-refractivity contribution is 9.10. The van der Waals surface area contributed by atoms with Crippen molar-refractivity contribution >= 4 is 27.9 Å². The smallest absolute Gasteiger partial charge is 0.244 e. The Morgan fingerprint density at radius 1 is 1.17 bits per heavy atom. The van der Waals surface area contributed by atoms with E-state index in [1.54, 1.807) is 6.08 Å². The van der Waals surface area contributed by atoms with Crippen LogP contribution in [-0.4, -0.2) is 19.1 Å². The maximum atomic E-state index is 12.1. The Labute approximate surface area is 149 Å². The SMILES string of the molecule is C[C@H](NC(=O)/C=C/c1ccc2c(c1)OCCO2)c1ccccc1Br. The molecular formula is C19H18BrNO3. The lowest BCUT2D eigenvalue weighted by Gasteiger charge is -2.18. The number of ether oxygens (including phenoxy) is 2. The minimum Gasteiger partial charge on any atom is -0.486 e. The molecule has 2 aromatic rings. The molecule has 3 rings (SSSR count). The van der Waals surface area contributed by atoms with Gasteiger partial charge in [0, 0.05) is 10.5 Å². The van der Waals surface area contributed by atoms with Gasteiger partial charge in [-0.15, -0.1) is 0 Å². The van der Waals surface area contributed by atoms with Gasteiger partial charge < -0.3 is 14.8 Å². The summed E-state index contributed by atoms with van der Waals surface area (Å²) in [6.07, 6.45) is 3.29. The highest BCUT2D eigenvalue weighted by atomic mass is 79.9. The Bertz CT molecular complexity index is 773. The lowest BCUT2D eigenvalue weighted by molar-refractivity contribution is -0.117. The molecule has 1 atom stereocenters. The lowest BCUT2D eigenvalue weighted by atomic mass is 10.1. The van der Waals surface area contributed by atoms with Crippen molar-refractivity contribution in [1.82, 2.24) is 5.32 Å². The van der Waals surface area contributed by atoms with Crippen molar-refractivity contribution in [3.05, 3.63) is 64.1 Å². The van der Waals surface area contributed by atoms with Gasteiger partial charge in [-0.3, -0.25) is 4.79 Å². The molecule has 2 aromatic carbocycles. The molecule has 24 heavy (non-hydrogen) atoms. The van der Waals surface area contributed by atoms with E-state index in [4.69, 9.17) is 9.47 Å². The van der Waals surface area contributed by atoms with Gasteiger partial charge in [-0.1, -0.05) is 40.2 Å². The fourth-order valence-electron chi connectivity index (χ4n) is 2.50. The zero-order chi connectivity index (χ0) is 16.9. The zero-order valence-corrected chi connectivity index (χ0v) is 14.9. The highest BCUT2D eigenvalue weighted by Crippen LogP contribution is 2.31. The second kappa shape index (κ2) is 7.53. The Morgan fingerprint density at radius 3 is 2.71 bits per heavy atom. The predicted octanol–water partition coefficient (Wildman–Crippen LogP) is 4.11. The van der Waals surface area contributed by atoms with E-state index in [1.165, 1.54) is 6.08 Å². The van der Waals surface area contributed by atoms with Crippen molar-refractivity contribution in [3.8, 4) is 11.5 Å². The minimum absolute atomic E-state index is 0.0852. The highest BCUT2D eigenvalue weighted by Gasteiger charge is 2.12. The van der Waals surface area contributed by atoms with E-state index in [9.17, 15) is 4.79 Å². The number of carbonyl (C=O) groups excluding carboxylic acids is 1. The standard InChI is InChI=1S/C19H18BrNO3/c1-13(15-4-2-3-5-16(15)20)21-19(22)9-7-14-6-8-17-18(12-14)24-11-10-23-17/h2-9,12-13H,10-11H2,1H3,(H,21,22)/b9-7+/t13-/m0/s1. The molecule has 0 unspecified atom stereocenters. The van der Waals surface area contributed by atoms with Crippen LogP contribution in [0.2, 0.25) is 0 Å². The molecular weight excluding hydrogens is 370 g/mol. The number of hydrogen-bond acceptors (Lipinski definition) is 3. The number of halogens is 1. The number of nitrogens with one attached hydrogen (secondary N) is 1. The lowest BCUT2D eigenvalue weighted by Crippen LogP contribution is -2.24. The zero-order valence-electron chi connectivity index (χ0n) is 13.3. The summed E-state index contributed by atoms with van der Waals surface area (Å²) < 4.78 is 12.0. The third-order valence-corrected chi connectivity index (χ3v) is 4.45. The van der Waals surface area contributed by atoms with E-state index in [0.717, 1.165) is 21.3 Å². The van der Waals surface area contributed by atoms with E-state index in [0.29, 0.717) is 19.0 Å². The molecule has 0 saturated heterocycles. The molecule has 0 radical (unpaired) electrons. The molecule has 1 aliphatic heterocycles. The van der Waals surface area contributed by atoms with Crippen LogP contribution in [0.15, 0.2) is 53.0 Å². The normalized spacial score (nSPS) is 14.4. The molecule has 1 N–H and O–H groups in total. The first-order valence-corrected chi connectivity index (χ1v) is 8.55. The number of amides is 1. The summed E-state index contributed by atoms with van der Waals surface area (Å²) in [7, 11) is 0. The second-order valence-corrected chi connectivity index (χ2v) is 6.34. The summed E-state index contributed by atoms with van der Waals surface area (Å²) >= 11 is 3.50. The van der Waals surface area contributed by atoms with E-state index in [2.05, 4.69) is 21.2 Å². The van der Waals surface area contributed by atoms with Gasteiger partial charge >= 0.3 is 0 Å². The van der Waals surface area contributed by atoms with Gasteiger partial charge in [0.15, 0.2) is 11.5 Å². The summed E-state index contributed by atoms with van der Waals surface area (Å²) in [6.45, 7) is 3.07. The van der Waals surface area contributed by atoms with Gasteiger partial charge in [0.25, 0.3) is 0 Å². The molecule has 0 fully saturated rings. The number of hydrogen-bond donors (Lipinski definition) is 1. The van der Waals surface area contributed by atoms with Crippen LogP contribution in [0.1, 0.15) is 24.1 Å². The quantitative estimate of drug-likeness (QED) is 0.802. The topological polar surface area (TPSA) is 47.6 Å². The first-order valence-electron chi connectivity index (χ1n) is 7.76. The molecule has 0 bridgehead atoms. The van der Waals surface area contributed by atoms with Crippen LogP contribution >= 0.6 is 15.9 Å². The molecule has 1 heterocycles. The van der Waals surface area contributed by atoms with Gasteiger partial charge in [0.2, 0.25) is 5.91 Å². The fourth-order valence-corrected chi connectivity index (χ4v) is 3.13. The molecule has 0 saturated carbocycles. The number of fused-ring (bicyclic) bond motifs is 1. The van der Waals surface area contributed by atoms with Gasteiger partial charge in [-0.25, -0.2) is 0 Å². The van der Waals surface area contributed by atoms with Crippen LogP contribution < -0.4 is 14.8 Å². The molecule has 0 aromatic heterocycles. The van der Waals surface area contributed by atoms with Crippen LogP contribution in [0.5, 0.6) is 11.5 Å². The monoisotopic (exact) mass is 387 g/mol. The van der Waals surface area contributed by atoms with E-state index in [-0.39, 0.29) is 11.9 Å². The van der Waals surface area contributed by atoms with Crippen molar-refractivity contribution in [1.29, 1.82) is 0 Å². The largest absolute Gasteiger partial charge is 0.486 e. The average molecular weight is 388 g/mol. The van der Waals surface area contributed by atoms with Crippen LogP contribution in [-0.2, 0) is 4.79 Å². The molecule has 5 heteroatoms. The summed E-state index contributed by atoms with van der Waals surface area (Å²) in [5.41, 5.74) is 1.93. The van der Waals surface area contributed by atoms with Crippen LogP contribution in [0.25, 0.3) is 6.08 Å². The Hall–Kier alpha value is -2.27. The Morgan fingerprint density at radius 2 is 1.92 bits per heavy atom. The van der Waals surface area contributed by atoms with Crippen LogP contribution in [0.3, 0.4) is 0 Å². The summed E-state index contributed by atoms with van der Waals surface area (Å²) in [5.74, 6) is 1.31. The number of benzene rings is 2. The first-order chi connectivity index (χ1) is 11.6. The molecule has 1 amide bonds. The van der Waals surface area contributed by atoms with E-state index < -0.39 is 0 Å². The molecule has 0 aliphatic carbocycles. The first kappa shape index (κ1) is 16.6. The van der Waals surface area contributed by atoms with Gasteiger partial charge in [-0.2, -0.15) is 0 Å². The van der Waals surface area contributed by atoms with Crippen molar-refractivity contribution in [2.24, 2.45) is 0 Å². The van der Waals surface area contributed by atoms with Crippen molar-refractivity contribution in [2.75, 3.05) is 13.2 Å². The van der Waals surface area contributed by atoms with Gasteiger partial charge in [-0.05, 0) is 42.3 Å². The van der Waals surface area contributed by atoms with Gasteiger partial charge in [0.05, 0.1) is 6.04 Å². The number of rotatable bonds is 4. The summed E-state index contributed by atoms with van der Waals surface area (Å²) in [5, 5.41) is 2.96. The third kappa shape index (κ3) is 3.97. The predicted molar refractivity (Wildman–Crippen MR) is 97.2 cm³/mol. The van der Waals surface area contributed by atoms with Crippen LogP contribution in [0, 0.1) is 0 Å². The molecule has 0 spiro atoms. The van der Waals surface area contributed by atoms with Crippen molar-refractivity contribution in [2.45, 2.75) is 13.0 Å². The Balaban J connectivity index is 1.64. The molecule has 1 aliphatic rings. The molecule has 124 valence electrons. The van der Waals surface area contributed by atoms with E-state index in [1.807, 2.05) is 49.4 Å². The maximum Gasteiger partial charge on any atom is 0.244 e. The van der Waals surface area contributed by atoms with Crippen molar-refractivity contribution < 1.29 is 14.3 Å². The molecule has 4 nitrogen and oxygen atoms in total. The third-order valence-electron chi connectivity index (χ3n) is 3.72. The summed E-state index contributed by atoms with van der Waals surface area (Å²) in [6, 6.07) is 13.4. The fraction of sp³-hybridized carbons (Fsp3) is 0.211. The average Bonchev–Trinajstić information content (AvgIpc) is 2.60. The Kier molecular flexibility index (Phi) is 5.20. The van der Waals surface area contributed by atoms with Crippen LogP contribution in [0.4, 0.5) is 0 Å². The summed E-state index contributed by atoms with van der Waals surface area (Å²) in [4.78, 5) is 12.1. The minimum atomic E-state index is -0.145. The van der Waals surface area contributed by atoms with Crippen molar-refractivity contribution in [3.63, 3.8) is 0 Å².